The minimum Gasteiger partial charge on any atom is -0.303 e. The molecule has 2 aliphatic carbocycles. The fourth-order valence-corrected chi connectivity index (χ4v) is 5.09. The van der Waals surface area contributed by atoms with Crippen molar-refractivity contribution in [3.63, 3.8) is 0 Å². The molecule has 1 heteroatoms. The average Bonchev–Trinajstić information content (AvgIpc) is 2.59. The molecular formula is C21H38O. The molecule has 0 aliphatic heterocycles. The van der Waals surface area contributed by atoms with Gasteiger partial charge in [-0.05, 0) is 31.1 Å². The van der Waals surface area contributed by atoms with E-state index in [-0.39, 0.29) is 5.41 Å². The van der Waals surface area contributed by atoms with Gasteiger partial charge >= 0.3 is 0 Å². The van der Waals surface area contributed by atoms with Gasteiger partial charge in [-0.1, -0.05) is 90.4 Å². The molecule has 0 N–H and O–H groups in total. The summed E-state index contributed by atoms with van der Waals surface area (Å²) >= 11 is 0. The van der Waals surface area contributed by atoms with E-state index in [0.29, 0.717) is 0 Å². The van der Waals surface area contributed by atoms with E-state index in [0.717, 1.165) is 11.8 Å². The molecule has 0 aromatic carbocycles. The highest BCUT2D eigenvalue weighted by Crippen LogP contribution is 2.41. The first-order chi connectivity index (χ1) is 10.8. The molecule has 0 saturated heterocycles. The largest absolute Gasteiger partial charge is 0.303 e. The van der Waals surface area contributed by atoms with E-state index >= 15 is 0 Å². The van der Waals surface area contributed by atoms with Crippen LogP contribution in [0.1, 0.15) is 110 Å². The Kier molecular flexibility index (Phi) is 7.97. The average molecular weight is 307 g/mol. The SMILES string of the molecule is CCCCC(CCCC1(C=O)CCCCC1)C1CCCCC1. The van der Waals surface area contributed by atoms with Crippen LogP contribution in [-0.2, 0) is 4.79 Å². The second-order valence-electron chi connectivity index (χ2n) is 8.23. The minimum absolute atomic E-state index is 0.0696. The number of hydrogen-bond donors (Lipinski definition) is 0. The van der Waals surface area contributed by atoms with Crippen molar-refractivity contribution >= 4 is 6.29 Å². The van der Waals surface area contributed by atoms with Crippen molar-refractivity contribution < 1.29 is 4.79 Å². The number of carbonyl (C=O) groups is 1. The summed E-state index contributed by atoms with van der Waals surface area (Å²) in [4.78, 5) is 11.6. The Labute approximate surface area is 138 Å². The zero-order valence-corrected chi connectivity index (χ0v) is 15.0. The maximum atomic E-state index is 11.6. The highest BCUT2D eigenvalue weighted by Gasteiger charge is 2.32. The number of aldehydes is 1. The van der Waals surface area contributed by atoms with Gasteiger partial charge in [0.15, 0.2) is 0 Å². The van der Waals surface area contributed by atoms with Crippen molar-refractivity contribution in [2.24, 2.45) is 17.3 Å². The zero-order valence-electron chi connectivity index (χ0n) is 15.0. The van der Waals surface area contributed by atoms with Crippen LogP contribution in [0.4, 0.5) is 0 Å². The summed E-state index contributed by atoms with van der Waals surface area (Å²) in [6.07, 6.45) is 22.9. The predicted molar refractivity (Wildman–Crippen MR) is 95.0 cm³/mol. The molecule has 1 unspecified atom stereocenters. The zero-order chi connectivity index (χ0) is 15.7. The van der Waals surface area contributed by atoms with Crippen LogP contribution in [0.15, 0.2) is 0 Å². The number of hydrogen-bond acceptors (Lipinski definition) is 1. The van der Waals surface area contributed by atoms with Crippen LogP contribution in [0.25, 0.3) is 0 Å². The van der Waals surface area contributed by atoms with E-state index in [9.17, 15) is 4.79 Å². The van der Waals surface area contributed by atoms with Crippen LogP contribution < -0.4 is 0 Å². The lowest BCUT2D eigenvalue weighted by atomic mass is 9.70. The van der Waals surface area contributed by atoms with E-state index in [1.165, 1.54) is 109 Å². The molecule has 0 radical (unpaired) electrons. The second kappa shape index (κ2) is 9.73. The molecule has 1 atom stereocenters. The van der Waals surface area contributed by atoms with E-state index in [1.54, 1.807) is 0 Å². The van der Waals surface area contributed by atoms with Crippen LogP contribution in [-0.4, -0.2) is 6.29 Å². The Bertz CT molecular complexity index is 297. The molecule has 128 valence electrons. The summed E-state index contributed by atoms with van der Waals surface area (Å²) in [5, 5.41) is 0. The smallest absolute Gasteiger partial charge is 0.126 e. The normalized spacial score (nSPS) is 24.0. The van der Waals surface area contributed by atoms with E-state index in [4.69, 9.17) is 0 Å². The van der Waals surface area contributed by atoms with Gasteiger partial charge in [-0.2, -0.15) is 0 Å². The van der Waals surface area contributed by atoms with Gasteiger partial charge in [-0.15, -0.1) is 0 Å². The van der Waals surface area contributed by atoms with Crippen LogP contribution in [0.5, 0.6) is 0 Å². The molecule has 0 amide bonds. The standard InChI is InChI=1S/C21H38O/c1-2-3-11-19(20-12-6-4-7-13-20)14-10-17-21(18-22)15-8-5-9-16-21/h18-20H,2-17H2,1H3. The number of rotatable bonds is 9. The summed E-state index contributed by atoms with van der Waals surface area (Å²) in [5.41, 5.74) is 0.0696. The Hall–Kier alpha value is -0.330. The molecule has 2 aliphatic rings. The number of carbonyl (C=O) groups excluding carboxylic acids is 1. The van der Waals surface area contributed by atoms with Crippen LogP contribution in [0.3, 0.4) is 0 Å². The lowest BCUT2D eigenvalue weighted by molar-refractivity contribution is -0.118. The molecular weight excluding hydrogens is 268 g/mol. The molecule has 2 fully saturated rings. The quantitative estimate of drug-likeness (QED) is 0.433. The number of unbranched alkanes of at least 4 members (excludes halogenated alkanes) is 1. The van der Waals surface area contributed by atoms with Gasteiger partial charge in [0.1, 0.15) is 6.29 Å². The van der Waals surface area contributed by atoms with E-state index < -0.39 is 0 Å². The molecule has 0 bridgehead atoms. The summed E-state index contributed by atoms with van der Waals surface area (Å²) in [6.45, 7) is 2.32. The Balaban J connectivity index is 1.80. The van der Waals surface area contributed by atoms with Crippen LogP contribution in [0.2, 0.25) is 0 Å². The summed E-state index contributed by atoms with van der Waals surface area (Å²) in [5.74, 6) is 1.95. The third-order valence-corrected chi connectivity index (χ3v) is 6.59. The van der Waals surface area contributed by atoms with Gasteiger partial charge in [-0.3, -0.25) is 0 Å². The Morgan fingerprint density at radius 3 is 2.23 bits per heavy atom. The summed E-state index contributed by atoms with van der Waals surface area (Å²) < 4.78 is 0. The Morgan fingerprint density at radius 2 is 1.59 bits per heavy atom. The van der Waals surface area contributed by atoms with Crippen molar-refractivity contribution in [1.82, 2.24) is 0 Å². The van der Waals surface area contributed by atoms with Crippen molar-refractivity contribution in [3.8, 4) is 0 Å². The van der Waals surface area contributed by atoms with Gasteiger partial charge in [-0.25, -0.2) is 0 Å². The highest BCUT2D eigenvalue weighted by atomic mass is 16.1. The van der Waals surface area contributed by atoms with Crippen molar-refractivity contribution in [2.75, 3.05) is 0 Å². The topological polar surface area (TPSA) is 17.1 Å². The fourth-order valence-electron chi connectivity index (χ4n) is 5.09. The molecule has 0 aromatic rings. The maximum absolute atomic E-state index is 11.6. The van der Waals surface area contributed by atoms with Gasteiger partial charge in [0.2, 0.25) is 0 Å². The van der Waals surface area contributed by atoms with E-state index in [2.05, 4.69) is 6.92 Å². The fraction of sp³-hybridized carbons (Fsp3) is 0.952. The Morgan fingerprint density at radius 1 is 0.955 bits per heavy atom. The monoisotopic (exact) mass is 306 g/mol. The van der Waals surface area contributed by atoms with Gasteiger partial charge < -0.3 is 4.79 Å². The predicted octanol–water partition coefficient (Wildman–Crippen LogP) is 6.69. The summed E-state index contributed by atoms with van der Waals surface area (Å²) in [7, 11) is 0. The first-order valence-corrected chi connectivity index (χ1v) is 10.3. The van der Waals surface area contributed by atoms with Gasteiger partial charge in [0.05, 0.1) is 0 Å². The lowest BCUT2D eigenvalue weighted by Gasteiger charge is -2.34. The van der Waals surface area contributed by atoms with Gasteiger partial charge in [0, 0.05) is 5.41 Å². The van der Waals surface area contributed by atoms with Crippen LogP contribution >= 0.6 is 0 Å². The molecule has 0 heterocycles. The van der Waals surface area contributed by atoms with Crippen molar-refractivity contribution in [2.45, 2.75) is 110 Å². The van der Waals surface area contributed by atoms with Gasteiger partial charge in [0.25, 0.3) is 0 Å². The highest BCUT2D eigenvalue weighted by molar-refractivity contribution is 5.59. The van der Waals surface area contributed by atoms with Crippen molar-refractivity contribution in [1.29, 1.82) is 0 Å². The molecule has 2 rings (SSSR count). The maximum Gasteiger partial charge on any atom is 0.126 e. The van der Waals surface area contributed by atoms with Crippen molar-refractivity contribution in [3.05, 3.63) is 0 Å². The third-order valence-electron chi connectivity index (χ3n) is 6.59. The first kappa shape index (κ1) is 18.0. The first-order valence-electron chi connectivity index (χ1n) is 10.3. The minimum atomic E-state index is 0.0696. The molecule has 2 saturated carbocycles. The van der Waals surface area contributed by atoms with E-state index in [1.807, 2.05) is 0 Å². The molecule has 22 heavy (non-hydrogen) atoms. The van der Waals surface area contributed by atoms with Crippen LogP contribution in [0, 0.1) is 17.3 Å². The summed E-state index contributed by atoms with van der Waals surface area (Å²) in [6, 6.07) is 0. The molecule has 0 aromatic heterocycles. The molecule has 1 nitrogen and oxygen atoms in total. The lowest BCUT2D eigenvalue weighted by Crippen LogP contribution is -2.26. The third kappa shape index (κ3) is 5.39. The molecule has 0 spiro atoms. The second-order valence-corrected chi connectivity index (χ2v) is 8.23.